The Labute approximate surface area is 330 Å². The molecule has 2 unspecified atom stereocenters. The summed E-state index contributed by atoms with van der Waals surface area (Å²) in [4.78, 5) is 5.48. The van der Waals surface area contributed by atoms with Crippen LogP contribution in [0.15, 0.2) is 203 Å². The van der Waals surface area contributed by atoms with Crippen molar-refractivity contribution in [2.45, 2.75) is 18.0 Å². The highest BCUT2D eigenvalue weighted by molar-refractivity contribution is 6.15. The highest BCUT2D eigenvalue weighted by Gasteiger charge is 2.55. The SMILES string of the molecule is C1=CCC2C(=C1)Oc1c(-c3ccccc3C3N=C(c4ccc5c(c4)oc4ccccc45)C=C(c4ccccc4)N3)cccc1C21c2ccccc2-c2ccccc21. The minimum absolute atomic E-state index is 0.125. The third-order valence-electron chi connectivity index (χ3n) is 12.4. The molecule has 1 N–H and O–H groups in total. The van der Waals surface area contributed by atoms with E-state index in [0.29, 0.717) is 0 Å². The lowest BCUT2D eigenvalue weighted by molar-refractivity contribution is 0.254. The van der Waals surface area contributed by atoms with E-state index in [9.17, 15) is 0 Å². The molecule has 12 rings (SSSR count). The van der Waals surface area contributed by atoms with Gasteiger partial charge in [-0.25, -0.2) is 0 Å². The van der Waals surface area contributed by atoms with Crippen LogP contribution in [-0.4, -0.2) is 5.71 Å². The first kappa shape index (κ1) is 32.1. The molecule has 3 heterocycles. The van der Waals surface area contributed by atoms with Crippen LogP contribution in [0.2, 0.25) is 0 Å². The second-order valence-corrected chi connectivity index (χ2v) is 15.4. The van der Waals surface area contributed by atoms with Gasteiger partial charge in [-0.2, -0.15) is 0 Å². The first-order valence-electron chi connectivity index (χ1n) is 19.8. The van der Waals surface area contributed by atoms with E-state index in [1.165, 1.54) is 27.8 Å². The van der Waals surface area contributed by atoms with Gasteiger partial charge in [0.1, 0.15) is 28.8 Å². The number of benzene rings is 7. The molecule has 57 heavy (non-hydrogen) atoms. The van der Waals surface area contributed by atoms with Crippen LogP contribution in [0.3, 0.4) is 0 Å². The van der Waals surface area contributed by atoms with E-state index >= 15 is 0 Å². The summed E-state index contributed by atoms with van der Waals surface area (Å²) >= 11 is 0. The van der Waals surface area contributed by atoms with Gasteiger partial charge in [-0.05, 0) is 70.2 Å². The molecule has 4 nitrogen and oxygen atoms in total. The predicted molar refractivity (Wildman–Crippen MR) is 230 cm³/mol. The van der Waals surface area contributed by atoms with Gasteiger partial charge in [-0.3, -0.25) is 4.99 Å². The zero-order valence-corrected chi connectivity index (χ0v) is 31.0. The van der Waals surface area contributed by atoms with Crippen molar-refractivity contribution in [2.75, 3.05) is 0 Å². The van der Waals surface area contributed by atoms with E-state index in [-0.39, 0.29) is 12.1 Å². The van der Waals surface area contributed by atoms with Gasteiger partial charge in [0.05, 0.1) is 11.1 Å². The normalized spacial score (nSPS) is 18.4. The van der Waals surface area contributed by atoms with Crippen molar-refractivity contribution in [1.29, 1.82) is 0 Å². The molecule has 2 atom stereocenters. The summed E-state index contributed by atoms with van der Waals surface area (Å²) in [6, 6.07) is 58.5. The quantitative estimate of drug-likeness (QED) is 0.196. The van der Waals surface area contributed by atoms with Gasteiger partial charge < -0.3 is 14.5 Å². The van der Waals surface area contributed by atoms with Crippen LogP contribution >= 0.6 is 0 Å². The molecule has 0 amide bonds. The van der Waals surface area contributed by atoms with Crippen molar-refractivity contribution >= 4 is 33.3 Å². The third-order valence-corrected chi connectivity index (χ3v) is 12.4. The molecule has 8 aromatic rings. The minimum Gasteiger partial charge on any atom is -0.460 e. The van der Waals surface area contributed by atoms with Crippen LogP contribution in [0.25, 0.3) is 49.9 Å². The number of hydrogen-bond donors (Lipinski definition) is 1. The van der Waals surface area contributed by atoms with Crippen molar-refractivity contribution in [3.8, 4) is 28.0 Å². The number of hydrogen-bond acceptors (Lipinski definition) is 4. The fourth-order valence-electron chi connectivity index (χ4n) is 10.0. The Hall–Kier alpha value is -7.17. The van der Waals surface area contributed by atoms with Crippen LogP contribution in [0.1, 0.15) is 46.0 Å². The van der Waals surface area contributed by atoms with Crippen LogP contribution in [-0.2, 0) is 5.41 Å². The maximum atomic E-state index is 7.16. The first-order chi connectivity index (χ1) is 28.3. The Morgan fingerprint density at radius 2 is 1.26 bits per heavy atom. The molecule has 7 aromatic carbocycles. The molecule has 0 bridgehead atoms. The number of nitrogens with zero attached hydrogens (tertiary/aromatic N) is 1. The Bertz CT molecular complexity index is 3030. The molecule has 0 saturated heterocycles. The number of aliphatic imine (C=N–C) groups is 1. The van der Waals surface area contributed by atoms with Gasteiger partial charge in [-0.1, -0.05) is 158 Å². The van der Waals surface area contributed by atoms with Crippen molar-refractivity contribution in [3.63, 3.8) is 0 Å². The number of fused-ring (bicyclic) bond motifs is 12. The summed E-state index contributed by atoms with van der Waals surface area (Å²) in [7, 11) is 0. The van der Waals surface area contributed by atoms with Gasteiger partial charge >= 0.3 is 0 Å². The lowest BCUT2D eigenvalue weighted by atomic mass is 9.60. The van der Waals surface area contributed by atoms with E-state index in [0.717, 1.165) is 79.1 Å². The van der Waals surface area contributed by atoms with Gasteiger partial charge in [0.2, 0.25) is 0 Å². The van der Waals surface area contributed by atoms with Crippen molar-refractivity contribution in [1.82, 2.24) is 5.32 Å². The molecule has 2 aliphatic heterocycles. The maximum Gasteiger partial charge on any atom is 0.146 e. The molecule has 1 aromatic heterocycles. The predicted octanol–water partition coefficient (Wildman–Crippen LogP) is 12.6. The molecule has 1 spiro atoms. The van der Waals surface area contributed by atoms with Crippen LogP contribution in [0, 0.1) is 5.92 Å². The Morgan fingerprint density at radius 3 is 2.11 bits per heavy atom. The average molecular weight is 733 g/mol. The van der Waals surface area contributed by atoms with Crippen LogP contribution in [0.5, 0.6) is 5.75 Å². The smallest absolute Gasteiger partial charge is 0.146 e. The van der Waals surface area contributed by atoms with Crippen molar-refractivity contribution in [3.05, 3.63) is 227 Å². The Kier molecular flexibility index (Phi) is 7.00. The maximum absolute atomic E-state index is 7.16. The molecule has 4 aliphatic rings. The van der Waals surface area contributed by atoms with Crippen molar-refractivity contribution in [2.24, 2.45) is 10.9 Å². The van der Waals surface area contributed by atoms with Gasteiger partial charge in [0.25, 0.3) is 0 Å². The zero-order valence-electron chi connectivity index (χ0n) is 31.0. The van der Waals surface area contributed by atoms with E-state index in [2.05, 4.69) is 181 Å². The highest BCUT2D eigenvalue weighted by Crippen LogP contribution is 2.64. The average Bonchev–Trinajstić information content (AvgIpc) is 3.80. The standard InChI is InChI=1S/C53H36N2O2/c1-2-15-33(16-3-1)46-32-47(34-29-30-39-38-20-8-12-27-48(38)56-50(39)31-34)55-52(54-46)41-21-5-4-17-35(41)40-22-14-26-45-51(40)57-49-28-13-11-25-44(49)53(45)42-23-9-6-18-36(42)37-19-7-10-24-43(37)53/h1-24,26-32,44,52,54H,25H2. The van der Waals surface area contributed by atoms with Gasteiger partial charge in [0.15, 0.2) is 0 Å². The minimum atomic E-state index is -0.407. The summed E-state index contributed by atoms with van der Waals surface area (Å²) in [5, 5.41) is 6.06. The number of furan rings is 1. The second kappa shape index (κ2) is 12.4. The summed E-state index contributed by atoms with van der Waals surface area (Å²) < 4.78 is 13.5. The topological polar surface area (TPSA) is 46.8 Å². The number of para-hydroxylation sites is 2. The monoisotopic (exact) mass is 732 g/mol. The highest BCUT2D eigenvalue weighted by atomic mass is 16.5. The second-order valence-electron chi connectivity index (χ2n) is 15.4. The zero-order chi connectivity index (χ0) is 37.5. The fraction of sp³-hybridized carbons (Fsp3) is 0.0755. The Morgan fingerprint density at radius 1 is 0.579 bits per heavy atom. The molecule has 270 valence electrons. The van der Waals surface area contributed by atoms with Gasteiger partial charge in [0, 0.05) is 44.6 Å². The van der Waals surface area contributed by atoms with Crippen LogP contribution in [0.4, 0.5) is 0 Å². The molecular formula is C53H36N2O2. The lowest BCUT2D eigenvalue weighted by Gasteiger charge is -2.46. The lowest BCUT2D eigenvalue weighted by Crippen LogP contribution is -2.42. The van der Waals surface area contributed by atoms with Crippen LogP contribution < -0.4 is 10.1 Å². The summed E-state index contributed by atoms with van der Waals surface area (Å²) in [6.45, 7) is 0. The fourth-order valence-corrected chi connectivity index (χ4v) is 10.0. The summed E-state index contributed by atoms with van der Waals surface area (Å²) in [5.41, 5.74) is 15.0. The number of rotatable bonds is 4. The Balaban J connectivity index is 1.05. The molecule has 4 heteroatoms. The molecule has 0 fully saturated rings. The number of allylic oxidation sites excluding steroid dienone is 5. The molecule has 2 aliphatic carbocycles. The molecule has 0 saturated carbocycles. The number of nitrogens with one attached hydrogen (secondary N) is 1. The van der Waals surface area contributed by atoms with E-state index in [4.69, 9.17) is 14.1 Å². The van der Waals surface area contributed by atoms with Crippen molar-refractivity contribution < 1.29 is 9.15 Å². The van der Waals surface area contributed by atoms with E-state index < -0.39 is 5.41 Å². The summed E-state index contributed by atoms with van der Waals surface area (Å²) in [5.74, 6) is 2.04. The van der Waals surface area contributed by atoms with E-state index in [1.54, 1.807) is 0 Å². The molecular weight excluding hydrogens is 697 g/mol. The molecule has 0 radical (unpaired) electrons. The van der Waals surface area contributed by atoms with Gasteiger partial charge in [-0.15, -0.1) is 0 Å². The van der Waals surface area contributed by atoms with E-state index in [1.807, 2.05) is 12.1 Å². The number of ether oxygens (including phenoxy) is 1. The summed E-state index contributed by atoms with van der Waals surface area (Å²) in [6.07, 6.45) is 9.30. The first-order valence-corrected chi connectivity index (χ1v) is 19.8. The third kappa shape index (κ3) is 4.71. The largest absolute Gasteiger partial charge is 0.460 e.